The van der Waals surface area contributed by atoms with E-state index < -0.39 is 0 Å². The van der Waals surface area contributed by atoms with Gasteiger partial charge in [-0.25, -0.2) is 0 Å². The molecule has 1 aliphatic heterocycles. The van der Waals surface area contributed by atoms with E-state index in [4.69, 9.17) is 4.74 Å². The first-order valence-corrected chi connectivity index (χ1v) is 7.31. The van der Waals surface area contributed by atoms with Gasteiger partial charge in [-0.3, -0.25) is 4.79 Å². The van der Waals surface area contributed by atoms with Crippen molar-refractivity contribution in [1.82, 2.24) is 0 Å². The number of allylic oxidation sites excluding steroid dienone is 5. The molecule has 0 atom stereocenters. The summed E-state index contributed by atoms with van der Waals surface area (Å²) in [4.78, 5) is 13.9. The van der Waals surface area contributed by atoms with Crippen molar-refractivity contribution in [1.29, 1.82) is 0 Å². The second kappa shape index (κ2) is 5.59. The zero-order valence-corrected chi connectivity index (χ0v) is 12.0. The van der Waals surface area contributed by atoms with Gasteiger partial charge in [0.05, 0.1) is 23.5 Å². The smallest absolute Gasteiger partial charge is 0.262 e. The van der Waals surface area contributed by atoms with Crippen molar-refractivity contribution in [3.8, 4) is 0 Å². The van der Waals surface area contributed by atoms with E-state index in [9.17, 15) is 4.79 Å². The number of carbonyl (C=O) groups excluding carboxylic acids is 1. The number of benzene rings is 1. The van der Waals surface area contributed by atoms with Gasteiger partial charge in [0.25, 0.3) is 5.91 Å². The Hall–Kier alpha value is -1.94. The molecular formula is C16H15NO2S. The third kappa shape index (κ3) is 2.65. The van der Waals surface area contributed by atoms with Gasteiger partial charge in [0.15, 0.2) is 0 Å². The van der Waals surface area contributed by atoms with Gasteiger partial charge in [0.2, 0.25) is 0 Å². The van der Waals surface area contributed by atoms with Gasteiger partial charge < -0.3 is 10.1 Å². The number of fused-ring (bicyclic) bond motifs is 1. The maximum atomic E-state index is 12.1. The van der Waals surface area contributed by atoms with E-state index in [0.717, 1.165) is 39.7 Å². The zero-order chi connectivity index (χ0) is 13.9. The van der Waals surface area contributed by atoms with Crippen LogP contribution in [0.5, 0.6) is 0 Å². The summed E-state index contributed by atoms with van der Waals surface area (Å²) in [5.74, 6) is 0.953. The fourth-order valence-corrected chi connectivity index (χ4v) is 3.16. The van der Waals surface area contributed by atoms with Gasteiger partial charge in [0, 0.05) is 11.3 Å². The van der Waals surface area contributed by atoms with E-state index in [-0.39, 0.29) is 5.91 Å². The molecule has 1 aromatic carbocycles. The van der Waals surface area contributed by atoms with E-state index in [1.807, 2.05) is 42.5 Å². The number of amides is 1. The molecule has 4 heteroatoms. The number of rotatable bonds is 2. The number of methoxy groups -OCH3 is 1. The monoisotopic (exact) mass is 285 g/mol. The van der Waals surface area contributed by atoms with Gasteiger partial charge >= 0.3 is 0 Å². The average molecular weight is 285 g/mol. The summed E-state index contributed by atoms with van der Waals surface area (Å²) in [5.41, 5.74) is 2.04. The summed E-state index contributed by atoms with van der Waals surface area (Å²) in [7, 11) is 1.69. The van der Waals surface area contributed by atoms with E-state index in [0.29, 0.717) is 0 Å². The van der Waals surface area contributed by atoms with Crippen LogP contribution in [-0.4, -0.2) is 13.0 Å². The number of ether oxygens (including phenoxy) is 1. The molecular weight excluding hydrogens is 270 g/mol. The van der Waals surface area contributed by atoms with Crippen LogP contribution in [0.25, 0.3) is 0 Å². The molecule has 1 aromatic rings. The number of carbonyl (C=O) groups is 1. The highest BCUT2D eigenvalue weighted by atomic mass is 32.2. The lowest BCUT2D eigenvalue weighted by molar-refractivity contribution is -0.112. The number of hydrogen-bond donors (Lipinski definition) is 1. The second-order valence-corrected chi connectivity index (χ2v) is 5.72. The van der Waals surface area contributed by atoms with Crippen molar-refractivity contribution in [3.63, 3.8) is 0 Å². The van der Waals surface area contributed by atoms with Crippen molar-refractivity contribution in [2.24, 2.45) is 0 Å². The molecule has 1 N–H and O–H groups in total. The second-order valence-electron chi connectivity index (χ2n) is 4.64. The van der Waals surface area contributed by atoms with Crippen molar-refractivity contribution >= 4 is 23.4 Å². The number of anilines is 1. The molecule has 102 valence electrons. The molecule has 1 aliphatic carbocycles. The summed E-state index contributed by atoms with van der Waals surface area (Å²) in [6, 6.07) is 7.85. The van der Waals surface area contributed by atoms with E-state index >= 15 is 0 Å². The van der Waals surface area contributed by atoms with Crippen LogP contribution >= 0.6 is 11.8 Å². The topological polar surface area (TPSA) is 38.3 Å². The molecule has 0 aromatic heterocycles. The van der Waals surface area contributed by atoms with E-state index in [2.05, 4.69) is 5.32 Å². The van der Waals surface area contributed by atoms with Crippen LogP contribution in [0.15, 0.2) is 63.6 Å². The van der Waals surface area contributed by atoms with E-state index in [1.54, 1.807) is 7.11 Å². The Bertz CT molecular complexity index is 644. The lowest BCUT2D eigenvalue weighted by Gasteiger charge is -2.19. The molecule has 0 saturated heterocycles. The Morgan fingerprint density at radius 3 is 2.85 bits per heavy atom. The van der Waals surface area contributed by atoms with Gasteiger partial charge in [-0.1, -0.05) is 30.0 Å². The number of nitrogens with one attached hydrogen (secondary N) is 1. The zero-order valence-electron chi connectivity index (χ0n) is 11.2. The molecule has 3 nitrogen and oxygen atoms in total. The highest BCUT2D eigenvalue weighted by Crippen LogP contribution is 2.38. The molecule has 0 bridgehead atoms. The van der Waals surface area contributed by atoms with Crippen molar-refractivity contribution in [3.05, 3.63) is 58.7 Å². The Morgan fingerprint density at radius 2 is 2.10 bits per heavy atom. The molecule has 0 unspecified atom stereocenters. The molecule has 0 spiro atoms. The first-order valence-electron chi connectivity index (χ1n) is 6.50. The van der Waals surface area contributed by atoms with Crippen LogP contribution < -0.4 is 5.32 Å². The largest absolute Gasteiger partial charge is 0.501 e. The fraction of sp³-hybridized carbons (Fsp3) is 0.188. The predicted octanol–water partition coefficient (Wildman–Crippen LogP) is 3.87. The van der Waals surface area contributed by atoms with Crippen LogP contribution in [0.1, 0.15) is 12.8 Å². The van der Waals surface area contributed by atoms with Gasteiger partial charge in [-0.05, 0) is 36.3 Å². The van der Waals surface area contributed by atoms with Crippen LogP contribution in [0.2, 0.25) is 0 Å². The van der Waals surface area contributed by atoms with Crippen molar-refractivity contribution in [2.45, 2.75) is 17.7 Å². The summed E-state index contributed by atoms with van der Waals surface area (Å²) >= 11 is 1.52. The molecule has 1 heterocycles. The maximum Gasteiger partial charge on any atom is 0.262 e. The molecule has 3 rings (SSSR count). The van der Waals surface area contributed by atoms with E-state index in [1.165, 1.54) is 11.8 Å². The normalized spacial score (nSPS) is 19.9. The number of para-hydroxylation sites is 1. The summed E-state index contributed by atoms with van der Waals surface area (Å²) in [6.45, 7) is 0. The lowest BCUT2D eigenvalue weighted by atomic mass is 10.0. The number of hydrogen-bond acceptors (Lipinski definition) is 3. The minimum absolute atomic E-state index is 0.0314. The first-order chi connectivity index (χ1) is 9.76. The van der Waals surface area contributed by atoms with Crippen LogP contribution in [-0.2, 0) is 9.53 Å². The van der Waals surface area contributed by atoms with Gasteiger partial charge in [-0.2, -0.15) is 0 Å². The van der Waals surface area contributed by atoms with Crippen LogP contribution in [0.3, 0.4) is 0 Å². The van der Waals surface area contributed by atoms with Crippen molar-refractivity contribution < 1.29 is 9.53 Å². The highest BCUT2D eigenvalue weighted by molar-refractivity contribution is 8.04. The Morgan fingerprint density at radius 1 is 1.25 bits per heavy atom. The average Bonchev–Trinajstić information content (AvgIpc) is 2.49. The molecule has 20 heavy (non-hydrogen) atoms. The highest BCUT2D eigenvalue weighted by Gasteiger charge is 2.20. The third-order valence-corrected chi connectivity index (χ3v) is 4.40. The van der Waals surface area contributed by atoms with Gasteiger partial charge in [-0.15, -0.1) is 0 Å². The van der Waals surface area contributed by atoms with Crippen LogP contribution in [0, 0.1) is 0 Å². The Kier molecular flexibility index (Phi) is 3.65. The summed E-state index contributed by atoms with van der Waals surface area (Å²) in [5, 5.41) is 2.92. The number of thioether (sulfide) groups is 1. The molecule has 0 saturated carbocycles. The predicted molar refractivity (Wildman–Crippen MR) is 81.4 cm³/mol. The van der Waals surface area contributed by atoms with Gasteiger partial charge in [0.1, 0.15) is 0 Å². The quantitative estimate of drug-likeness (QED) is 0.838. The fourth-order valence-electron chi connectivity index (χ4n) is 2.20. The summed E-state index contributed by atoms with van der Waals surface area (Å²) < 4.78 is 5.21. The Balaban J connectivity index is 1.85. The molecule has 0 fully saturated rings. The SMILES string of the molecule is COC1=CC=C(C=C2Sc3ccccc3NC2=O)CC1. The minimum atomic E-state index is -0.0314. The third-order valence-electron chi connectivity index (χ3n) is 3.30. The minimum Gasteiger partial charge on any atom is -0.501 e. The summed E-state index contributed by atoms with van der Waals surface area (Å²) in [6.07, 6.45) is 7.74. The molecule has 2 aliphatic rings. The standard InChI is InChI=1S/C16H15NO2S/c1-19-12-8-6-11(7-9-12)10-15-16(18)17-13-4-2-3-5-14(13)20-15/h2-6,8,10H,7,9H2,1H3,(H,17,18). The Labute approximate surface area is 122 Å². The first kappa shape index (κ1) is 13.1. The van der Waals surface area contributed by atoms with Crippen molar-refractivity contribution in [2.75, 3.05) is 12.4 Å². The lowest BCUT2D eigenvalue weighted by Crippen LogP contribution is -2.17. The maximum absolute atomic E-state index is 12.1. The molecule has 0 radical (unpaired) electrons. The van der Waals surface area contributed by atoms with Crippen LogP contribution in [0.4, 0.5) is 5.69 Å². The molecule has 1 amide bonds.